The van der Waals surface area contributed by atoms with Crippen molar-refractivity contribution in [2.45, 2.75) is 25.9 Å². The third-order valence-corrected chi connectivity index (χ3v) is 4.46. The Hall–Kier alpha value is -2.57. The number of anilines is 1. The Morgan fingerprint density at radius 3 is 2.79 bits per heavy atom. The first-order valence-electron chi connectivity index (χ1n) is 9.37. The van der Waals surface area contributed by atoms with Gasteiger partial charge in [0.15, 0.2) is 0 Å². The summed E-state index contributed by atoms with van der Waals surface area (Å²) in [6.45, 7) is 3.79. The minimum absolute atomic E-state index is 0.0835. The zero-order chi connectivity index (χ0) is 19.8. The van der Waals surface area contributed by atoms with E-state index in [1.54, 1.807) is 24.3 Å². The van der Waals surface area contributed by atoms with Gasteiger partial charge < -0.3 is 14.8 Å². The molecule has 28 heavy (non-hydrogen) atoms. The van der Waals surface area contributed by atoms with Crippen molar-refractivity contribution in [3.63, 3.8) is 0 Å². The number of guanidine groups is 1. The molecule has 1 amide bonds. The second-order valence-electron chi connectivity index (χ2n) is 6.37. The number of nitrogens with zero attached hydrogens (tertiary/aromatic N) is 1. The van der Waals surface area contributed by atoms with Gasteiger partial charge in [-0.3, -0.25) is 10.1 Å². The molecule has 0 radical (unpaired) electrons. The molecule has 1 saturated heterocycles. The highest BCUT2D eigenvalue weighted by atomic mass is 35.5. The normalized spacial score (nSPS) is 16.6. The van der Waals surface area contributed by atoms with Crippen LogP contribution in [0.25, 0.3) is 0 Å². The van der Waals surface area contributed by atoms with E-state index in [2.05, 4.69) is 15.6 Å². The lowest BCUT2D eigenvalue weighted by Gasteiger charge is -2.14. The molecule has 148 valence electrons. The number of hydrogen-bond acceptors (Lipinski definition) is 4. The fraction of sp³-hybridized carbons (Fsp3) is 0.333. The summed E-state index contributed by atoms with van der Waals surface area (Å²) in [5, 5.41) is 6.49. The summed E-state index contributed by atoms with van der Waals surface area (Å²) in [5.74, 6) is 0.866. The van der Waals surface area contributed by atoms with E-state index in [9.17, 15) is 4.79 Å². The van der Waals surface area contributed by atoms with Gasteiger partial charge in [0.1, 0.15) is 5.75 Å². The monoisotopic (exact) mass is 401 g/mol. The second kappa shape index (κ2) is 10.1. The summed E-state index contributed by atoms with van der Waals surface area (Å²) in [5.41, 5.74) is 1.26. The van der Waals surface area contributed by atoms with E-state index in [0.717, 1.165) is 30.9 Å². The summed E-state index contributed by atoms with van der Waals surface area (Å²) in [4.78, 5) is 17.1. The Kier molecular flexibility index (Phi) is 7.28. The van der Waals surface area contributed by atoms with Gasteiger partial charge in [-0.2, -0.15) is 0 Å². The van der Waals surface area contributed by atoms with Crippen molar-refractivity contribution in [3.8, 4) is 5.75 Å². The van der Waals surface area contributed by atoms with Crippen LogP contribution in [0.15, 0.2) is 53.5 Å². The molecule has 1 fully saturated rings. The third-order valence-electron chi connectivity index (χ3n) is 4.22. The smallest absolute Gasteiger partial charge is 0.258 e. The molecule has 1 atom stereocenters. The van der Waals surface area contributed by atoms with Gasteiger partial charge in [-0.15, -0.1) is 0 Å². The molecule has 0 aromatic heterocycles. The van der Waals surface area contributed by atoms with Crippen LogP contribution in [-0.4, -0.2) is 37.7 Å². The number of amides is 1. The maximum Gasteiger partial charge on any atom is 0.258 e. The molecule has 0 saturated carbocycles. The zero-order valence-corrected chi connectivity index (χ0v) is 16.5. The molecule has 2 N–H and O–H groups in total. The third kappa shape index (κ3) is 5.97. The lowest BCUT2D eigenvalue weighted by Crippen LogP contribution is -2.36. The summed E-state index contributed by atoms with van der Waals surface area (Å²) in [7, 11) is 0. The maximum absolute atomic E-state index is 12.6. The average Bonchev–Trinajstić information content (AvgIpc) is 3.21. The van der Waals surface area contributed by atoms with Crippen LogP contribution in [0.3, 0.4) is 0 Å². The van der Waals surface area contributed by atoms with Crippen molar-refractivity contribution in [1.82, 2.24) is 5.32 Å². The number of ether oxygens (including phenoxy) is 2. The number of carbonyl (C=O) groups is 1. The predicted octanol–water partition coefficient (Wildman–Crippen LogP) is 4.12. The van der Waals surface area contributed by atoms with E-state index in [0.29, 0.717) is 29.7 Å². The van der Waals surface area contributed by atoms with E-state index in [1.165, 1.54) is 0 Å². The van der Waals surface area contributed by atoms with Gasteiger partial charge >= 0.3 is 0 Å². The first-order valence-corrected chi connectivity index (χ1v) is 9.74. The van der Waals surface area contributed by atoms with Crippen LogP contribution in [0.5, 0.6) is 5.75 Å². The van der Waals surface area contributed by atoms with Crippen LogP contribution in [0.1, 0.15) is 30.1 Å². The molecule has 1 heterocycles. The summed E-state index contributed by atoms with van der Waals surface area (Å²) >= 11 is 5.99. The maximum atomic E-state index is 12.6. The molecule has 1 aliphatic rings. The molecule has 0 spiro atoms. The quantitative estimate of drug-likeness (QED) is 0.564. The van der Waals surface area contributed by atoms with E-state index in [4.69, 9.17) is 21.1 Å². The fourth-order valence-electron chi connectivity index (χ4n) is 2.84. The highest BCUT2D eigenvalue weighted by molar-refractivity contribution is 6.31. The molecule has 2 aromatic carbocycles. The average molecular weight is 402 g/mol. The number of benzene rings is 2. The first-order chi connectivity index (χ1) is 13.6. The molecular weight excluding hydrogens is 378 g/mol. The van der Waals surface area contributed by atoms with Gasteiger partial charge in [-0.1, -0.05) is 17.7 Å². The summed E-state index contributed by atoms with van der Waals surface area (Å²) in [6.07, 6.45) is 2.10. The van der Waals surface area contributed by atoms with E-state index in [-0.39, 0.29) is 12.0 Å². The Morgan fingerprint density at radius 1 is 1.29 bits per heavy atom. The molecular formula is C21H24ClN3O3. The molecule has 0 aliphatic carbocycles. The highest BCUT2D eigenvalue weighted by Gasteiger charge is 2.16. The first kappa shape index (κ1) is 20.2. The van der Waals surface area contributed by atoms with Crippen molar-refractivity contribution >= 4 is 29.2 Å². The number of carbonyl (C=O) groups excluding carboxylic acids is 1. The van der Waals surface area contributed by atoms with Crippen molar-refractivity contribution in [2.24, 2.45) is 4.99 Å². The number of hydrogen-bond donors (Lipinski definition) is 2. The van der Waals surface area contributed by atoms with E-state index < -0.39 is 0 Å². The number of nitrogens with one attached hydrogen (secondary N) is 2. The largest absolute Gasteiger partial charge is 0.494 e. The molecule has 7 heteroatoms. The van der Waals surface area contributed by atoms with Crippen LogP contribution >= 0.6 is 11.6 Å². The van der Waals surface area contributed by atoms with Gasteiger partial charge in [-0.25, -0.2) is 4.99 Å². The molecule has 6 nitrogen and oxygen atoms in total. The zero-order valence-electron chi connectivity index (χ0n) is 15.8. The Morgan fingerprint density at radius 2 is 2.11 bits per heavy atom. The van der Waals surface area contributed by atoms with Gasteiger partial charge in [0.25, 0.3) is 5.91 Å². The van der Waals surface area contributed by atoms with Crippen LogP contribution in [0, 0.1) is 0 Å². The van der Waals surface area contributed by atoms with Crippen LogP contribution in [0.4, 0.5) is 5.69 Å². The lowest BCUT2D eigenvalue weighted by molar-refractivity contribution is 0.0975. The van der Waals surface area contributed by atoms with E-state index >= 15 is 0 Å². The number of halogens is 1. The second-order valence-corrected chi connectivity index (χ2v) is 6.81. The highest BCUT2D eigenvalue weighted by Crippen LogP contribution is 2.16. The number of rotatable bonds is 6. The van der Waals surface area contributed by atoms with Crippen molar-refractivity contribution in [3.05, 3.63) is 59.1 Å². The van der Waals surface area contributed by atoms with Crippen LogP contribution in [0.2, 0.25) is 5.02 Å². The molecule has 2 aromatic rings. The standard InChI is InChI=1S/C21H24ClN3O3/c1-2-27-18-10-8-17(9-11-18)24-21(23-14-19-7-4-12-28-19)25-20(26)15-5-3-6-16(22)13-15/h3,5-6,8-11,13,19H,2,4,7,12,14H2,1H3,(H2,23,24,25,26). The van der Waals surface area contributed by atoms with Crippen molar-refractivity contribution in [1.29, 1.82) is 0 Å². The van der Waals surface area contributed by atoms with Gasteiger partial charge in [0.2, 0.25) is 5.96 Å². The number of aliphatic imine (C=N–C) groups is 1. The van der Waals surface area contributed by atoms with Crippen molar-refractivity contribution < 1.29 is 14.3 Å². The Labute approximate surface area is 169 Å². The molecule has 1 aliphatic heterocycles. The molecule has 1 unspecified atom stereocenters. The van der Waals surface area contributed by atoms with Crippen molar-refractivity contribution in [2.75, 3.05) is 25.1 Å². The Bertz CT molecular complexity index is 818. The minimum atomic E-state index is -0.285. The summed E-state index contributed by atoms with van der Waals surface area (Å²) in [6, 6.07) is 14.3. The minimum Gasteiger partial charge on any atom is -0.494 e. The van der Waals surface area contributed by atoms with Crippen LogP contribution < -0.4 is 15.4 Å². The van der Waals surface area contributed by atoms with Gasteiger partial charge in [0, 0.05) is 22.9 Å². The topological polar surface area (TPSA) is 71.9 Å². The van der Waals surface area contributed by atoms with Gasteiger partial charge in [0.05, 0.1) is 19.3 Å². The van der Waals surface area contributed by atoms with E-state index in [1.807, 2.05) is 31.2 Å². The SMILES string of the molecule is CCOc1ccc(NC(=NCC2CCCO2)NC(=O)c2cccc(Cl)c2)cc1. The Balaban J connectivity index is 1.72. The van der Waals surface area contributed by atoms with Crippen LogP contribution in [-0.2, 0) is 4.74 Å². The molecule has 3 rings (SSSR count). The predicted molar refractivity (Wildman–Crippen MR) is 111 cm³/mol. The van der Waals surface area contributed by atoms with Gasteiger partial charge in [-0.05, 0) is 62.2 Å². The summed E-state index contributed by atoms with van der Waals surface area (Å²) < 4.78 is 11.1. The molecule has 0 bridgehead atoms. The lowest BCUT2D eigenvalue weighted by atomic mass is 10.2. The fourth-order valence-corrected chi connectivity index (χ4v) is 3.03.